The van der Waals surface area contributed by atoms with Gasteiger partial charge in [-0.05, 0) is 19.3 Å². The molecule has 1 aromatic rings. The Morgan fingerprint density at radius 2 is 2.00 bits per heavy atom. The van der Waals surface area contributed by atoms with Gasteiger partial charge in [0.2, 0.25) is 5.95 Å². The minimum absolute atomic E-state index is 0.737. The van der Waals surface area contributed by atoms with E-state index in [1.54, 1.807) is 6.20 Å². The zero-order chi connectivity index (χ0) is 9.26. The molecule has 1 fully saturated rings. The lowest BCUT2D eigenvalue weighted by Crippen LogP contribution is -2.31. The third-order valence-corrected chi connectivity index (χ3v) is 2.64. The van der Waals surface area contributed by atoms with Crippen LogP contribution in [0.25, 0.3) is 0 Å². The lowest BCUT2D eigenvalue weighted by Gasteiger charge is -2.27. The Bertz CT molecular complexity index is 286. The van der Waals surface area contributed by atoms with E-state index < -0.39 is 0 Å². The van der Waals surface area contributed by atoms with Crippen molar-refractivity contribution in [1.29, 1.82) is 0 Å². The molecule has 0 bridgehead atoms. The molecule has 0 amide bonds. The van der Waals surface area contributed by atoms with Crippen LogP contribution in [0.15, 0.2) is 6.20 Å². The van der Waals surface area contributed by atoms with Gasteiger partial charge in [-0.2, -0.15) is 0 Å². The summed E-state index contributed by atoms with van der Waals surface area (Å²) in [4.78, 5) is 6.61. The fourth-order valence-electron chi connectivity index (χ4n) is 1.80. The van der Waals surface area contributed by atoms with E-state index >= 15 is 0 Å². The number of nitrogens with two attached hydrogens (primary N) is 1. The molecule has 72 valence electrons. The van der Waals surface area contributed by atoms with Gasteiger partial charge in [0, 0.05) is 20.1 Å². The van der Waals surface area contributed by atoms with E-state index in [4.69, 9.17) is 5.73 Å². The summed E-state index contributed by atoms with van der Waals surface area (Å²) in [5.41, 5.74) is 5.72. The van der Waals surface area contributed by atoms with Crippen molar-refractivity contribution in [2.75, 3.05) is 23.7 Å². The van der Waals surface area contributed by atoms with Crippen LogP contribution in [0.4, 0.5) is 11.8 Å². The molecule has 2 heterocycles. The highest BCUT2D eigenvalue weighted by Crippen LogP contribution is 2.19. The molecule has 1 aliphatic heterocycles. The molecular weight excluding hydrogens is 164 g/mol. The average Bonchev–Trinajstić information content (AvgIpc) is 2.49. The number of hydrogen-bond acceptors (Lipinski definition) is 3. The molecule has 0 aliphatic carbocycles. The van der Waals surface area contributed by atoms with Crippen molar-refractivity contribution in [3.8, 4) is 0 Å². The first-order valence-electron chi connectivity index (χ1n) is 4.81. The van der Waals surface area contributed by atoms with Crippen LogP contribution in [0.2, 0.25) is 0 Å². The summed E-state index contributed by atoms with van der Waals surface area (Å²) in [6.07, 6.45) is 5.61. The first-order chi connectivity index (χ1) is 6.29. The summed E-state index contributed by atoms with van der Waals surface area (Å²) in [6.45, 7) is 2.23. The number of anilines is 2. The lowest BCUT2D eigenvalue weighted by molar-refractivity contribution is 0.563. The van der Waals surface area contributed by atoms with E-state index in [2.05, 4.69) is 9.88 Å². The Morgan fingerprint density at radius 1 is 1.31 bits per heavy atom. The summed E-state index contributed by atoms with van der Waals surface area (Å²) in [6, 6.07) is 0. The molecule has 0 radical (unpaired) electrons. The van der Waals surface area contributed by atoms with Crippen LogP contribution >= 0.6 is 0 Å². The second kappa shape index (κ2) is 3.28. The highest BCUT2D eigenvalue weighted by atomic mass is 15.3. The first kappa shape index (κ1) is 8.41. The number of nitrogens with zero attached hydrogens (tertiary/aromatic N) is 3. The van der Waals surface area contributed by atoms with Gasteiger partial charge in [0.25, 0.3) is 0 Å². The standard InChI is InChI=1S/C9H16N4/c1-12-8(10)7-11-9(12)13-5-3-2-4-6-13/h7H,2-6,10H2,1H3. The topological polar surface area (TPSA) is 47.1 Å². The molecule has 0 aromatic carbocycles. The van der Waals surface area contributed by atoms with Gasteiger partial charge in [0.05, 0.1) is 6.20 Å². The van der Waals surface area contributed by atoms with Crippen molar-refractivity contribution in [1.82, 2.24) is 9.55 Å². The number of imidazole rings is 1. The predicted octanol–water partition coefficient (Wildman–Crippen LogP) is 0.993. The Labute approximate surface area is 78.4 Å². The Kier molecular flexibility index (Phi) is 2.12. The molecule has 4 heteroatoms. The van der Waals surface area contributed by atoms with Gasteiger partial charge >= 0.3 is 0 Å². The van der Waals surface area contributed by atoms with Crippen LogP contribution in [0.5, 0.6) is 0 Å². The van der Waals surface area contributed by atoms with E-state index in [1.165, 1.54) is 19.3 Å². The van der Waals surface area contributed by atoms with Gasteiger partial charge in [0.15, 0.2) is 0 Å². The van der Waals surface area contributed by atoms with Crippen LogP contribution < -0.4 is 10.6 Å². The average molecular weight is 180 g/mol. The van der Waals surface area contributed by atoms with E-state index in [0.29, 0.717) is 0 Å². The molecule has 1 saturated heterocycles. The number of piperidine rings is 1. The quantitative estimate of drug-likeness (QED) is 0.701. The highest BCUT2D eigenvalue weighted by Gasteiger charge is 2.15. The third kappa shape index (κ3) is 1.48. The van der Waals surface area contributed by atoms with Crippen molar-refractivity contribution >= 4 is 11.8 Å². The molecule has 0 saturated carbocycles. The van der Waals surface area contributed by atoms with Crippen LogP contribution in [0.3, 0.4) is 0 Å². The summed E-state index contributed by atoms with van der Waals surface area (Å²) < 4.78 is 1.95. The van der Waals surface area contributed by atoms with Crippen LogP contribution in [0.1, 0.15) is 19.3 Å². The Morgan fingerprint density at radius 3 is 2.54 bits per heavy atom. The summed E-state index contributed by atoms with van der Waals surface area (Å²) in [5.74, 6) is 1.75. The summed E-state index contributed by atoms with van der Waals surface area (Å²) >= 11 is 0. The largest absolute Gasteiger partial charge is 0.384 e. The maximum Gasteiger partial charge on any atom is 0.206 e. The van der Waals surface area contributed by atoms with E-state index in [-0.39, 0.29) is 0 Å². The molecule has 1 aromatic heterocycles. The molecule has 0 atom stereocenters. The maximum atomic E-state index is 5.72. The van der Waals surface area contributed by atoms with E-state index in [0.717, 1.165) is 24.9 Å². The maximum absolute atomic E-state index is 5.72. The number of aromatic nitrogens is 2. The molecule has 0 spiro atoms. The van der Waals surface area contributed by atoms with Gasteiger partial charge < -0.3 is 15.2 Å². The molecule has 2 rings (SSSR count). The van der Waals surface area contributed by atoms with Gasteiger partial charge in [-0.3, -0.25) is 0 Å². The minimum atomic E-state index is 0.737. The lowest BCUT2D eigenvalue weighted by atomic mass is 10.1. The van der Waals surface area contributed by atoms with Crippen molar-refractivity contribution in [3.63, 3.8) is 0 Å². The smallest absolute Gasteiger partial charge is 0.206 e. The van der Waals surface area contributed by atoms with Gasteiger partial charge in [-0.25, -0.2) is 4.98 Å². The van der Waals surface area contributed by atoms with Crippen molar-refractivity contribution in [2.45, 2.75) is 19.3 Å². The Hall–Kier alpha value is -1.19. The predicted molar refractivity (Wildman–Crippen MR) is 53.7 cm³/mol. The summed E-state index contributed by atoms with van der Waals surface area (Å²) in [7, 11) is 1.96. The second-order valence-corrected chi connectivity index (χ2v) is 3.59. The van der Waals surface area contributed by atoms with Crippen molar-refractivity contribution in [3.05, 3.63) is 6.20 Å². The monoisotopic (exact) mass is 180 g/mol. The van der Waals surface area contributed by atoms with Gasteiger partial charge in [-0.15, -0.1) is 0 Å². The molecule has 1 aliphatic rings. The molecule has 0 unspecified atom stereocenters. The zero-order valence-corrected chi connectivity index (χ0v) is 8.03. The number of hydrogen-bond donors (Lipinski definition) is 1. The van der Waals surface area contributed by atoms with Crippen molar-refractivity contribution < 1.29 is 0 Å². The SMILES string of the molecule is Cn1c(N)cnc1N1CCCCC1. The molecule has 2 N–H and O–H groups in total. The summed E-state index contributed by atoms with van der Waals surface area (Å²) in [5, 5.41) is 0. The van der Waals surface area contributed by atoms with E-state index in [9.17, 15) is 0 Å². The van der Waals surface area contributed by atoms with Crippen LogP contribution in [-0.4, -0.2) is 22.6 Å². The van der Waals surface area contributed by atoms with Gasteiger partial charge in [-0.1, -0.05) is 0 Å². The highest BCUT2D eigenvalue weighted by molar-refractivity contribution is 5.42. The Balaban J connectivity index is 2.18. The van der Waals surface area contributed by atoms with Crippen LogP contribution in [-0.2, 0) is 7.05 Å². The minimum Gasteiger partial charge on any atom is -0.384 e. The first-order valence-corrected chi connectivity index (χ1v) is 4.81. The molecule has 4 nitrogen and oxygen atoms in total. The molecular formula is C9H16N4. The van der Waals surface area contributed by atoms with Crippen molar-refractivity contribution in [2.24, 2.45) is 7.05 Å². The fraction of sp³-hybridized carbons (Fsp3) is 0.667. The zero-order valence-electron chi connectivity index (χ0n) is 8.03. The van der Waals surface area contributed by atoms with E-state index in [1.807, 2.05) is 11.6 Å². The third-order valence-electron chi connectivity index (χ3n) is 2.64. The van der Waals surface area contributed by atoms with Gasteiger partial charge in [0.1, 0.15) is 5.82 Å². The fourth-order valence-corrected chi connectivity index (χ4v) is 1.80. The number of nitrogen functional groups attached to an aromatic ring is 1. The number of rotatable bonds is 1. The second-order valence-electron chi connectivity index (χ2n) is 3.59. The normalized spacial score (nSPS) is 17.8. The van der Waals surface area contributed by atoms with Crippen LogP contribution in [0, 0.1) is 0 Å². The molecule has 13 heavy (non-hydrogen) atoms.